The number of nitrogens with zero attached hydrogens (tertiary/aromatic N) is 1. The SMILES string of the molecule is CCCCOC(=O)C(=O)c1ccccc1CN(C)C. The predicted octanol–water partition coefficient (Wildman–Crippen LogP) is 2.27. The molecular weight excluding hydrogens is 242 g/mol. The van der Waals surface area contributed by atoms with Crippen LogP contribution >= 0.6 is 0 Å². The average molecular weight is 263 g/mol. The Hall–Kier alpha value is -1.68. The molecule has 104 valence electrons. The van der Waals surface area contributed by atoms with Crippen molar-refractivity contribution in [2.75, 3.05) is 20.7 Å². The summed E-state index contributed by atoms with van der Waals surface area (Å²) in [6.07, 6.45) is 1.71. The Morgan fingerprint density at radius 2 is 1.89 bits per heavy atom. The highest BCUT2D eigenvalue weighted by molar-refractivity contribution is 6.41. The minimum atomic E-state index is -0.764. The minimum Gasteiger partial charge on any atom is -0.460 e. The van der Waals surface area contributed by atoms with Gasteiger partial charge in [-0.25, -0.2) is 4.79 Å². The van der Waals surface area contributed by atoms with Gasteiger partial charge in [0.25, 0.3) is 5.78 Å². The van der Waals surface area contributed by atoms with Crippen molar-refractivity contribution in [2.45, 2.75) is 26.3 Å². The third-order valence-corrected chi connectivity index (χ3v) is 2.67. The number of rotatable bonds is 7. The van der Waals surface area contributed by atoms with E-state index in [1.807, 2.05) is 38.1 Å². The Bertz CT molecular complexity index is 441. The Morgan fingerprint density at radius 1 is 1.21 bits per heavy atom. The maximum atomic E-state index is 12.0. The summed E-state index contributed by atoms with van der Waals surface area (Å²) in [5.41, 5.74) is 1.27. The summed E-state index contributed by atoms with van der Waals surface area (Å²) in [5, 5.41) is 0. The van der Waals surface area contributed by atoms with Gasteiger partial charge in [0.05, 0.1) is 6.61 Å². The molecule has 19 heavy (non-hydrogen) atoms. The third kappa shape index (κ3) is 4.83. The van der Waals surface area contributed by atoms with E-state index in [2.05, 4.69) is 0 Å². The highest BCUT2D eigenvalue weighted by Gasteiger charge is 2.20. The predicted molar refractivity (Wildman–Crippen MR) is 74.0 cm³/mol. The van der Waals surface area contributed by atoms with Crippen LogP contribution in [0.3, 0.4) is 0 Å². The van der Waals surface area contributed by atoms with Gasteiger partial charge in [-0.1, -0.05) is 37.6 Å². The molecule has 4 heteroatoms. The molecule has 0 aromatic heterocycles. The second-order valence-electron chi connectivity index (χ2n) is 4.71. The van der Waals surface area contributed by atoms with E-state index >= 15 is 0 Å². The molecule has 0 heterocycles. The van der Waals surface area contributed by atoms with E-state index in [0.717, 1.165) is 18.4 Å². The average Bonchev–Trinajstić information content (AvgIpc) is 2.38. The minimum absolute atomic E-state index is 0.303. The van der Waals surface area contributed by atoms with Gasteiger partial charge in [0.15, 0.2) is 0 Å². The van der Waals surface area contributed by atoms with Crippen LogP contribution in [0, 0.1) is 0 Å². The fourth-order valence-corrected chi connectivity index (χ4v) is 1.71. The lowest BCUT2D eigenvalue weighted by molar-refractivity contribution is -0.138. The summed E-state index contributed by atoms with van der Waals surface area (Å²) in [5.74, 6) is -1.33. The van der Waals surface area contributed by atoms with Crippen LogP contribution in [-0.2, 0) is 16.1 Å². The van der Waals surface area contributed by atoms with E-state index in [-0.39, 0.29) is 0 Å². The molecule has 0 unspecified atom stereocenters. The van der Waals surface area contributed by atoms with Crippen LogP contribution in [0.25, 0.3) is 0 Å². The third-order valence-electron chi connectivity index (χ3n) is 2.67. The maximum absolute atomic E-state index is 12.0. The summed E-state index contributed by atoms with van der Waals surface area (Å²) in [6.45, 7) is 2.92. The Kier molecular flexibility index (Phi) is 6.22. The standard InChI is InChI=1S/C15H21NO3/c1-4-5-10-19-15(18)14(17)13-9-7-6-8-12(13)11-16(2)3/h6-9H,4-5,10-11H2,1-3H3. The molecule has 0 bridgehead atoms. The van der Waals surface area contributed by atoms with Crippen LogP contribution in [0.4, 0.5) is 0 Å². The quantitative estimate of drug-likeness (QED) is 0.328. The van der Waals surface area contributed by atoms with Gasteiger partial charge in [0.1, 0.15) is 0 Å². The van der Waals surface area contributed by atoms with E-state index in [1.54, 1.807) is 12.1 Å². The molecule has 4 nitrogen and oxygen atoms in total. The van der Waals surface area contributed by atoms with E-state index in [4.69, 9.17) is 4.74 Å². The molecule has 0 atom stereocenters. The van der Waals surface area contributed by atoms with Crippen molar-refractivity contribution in [2.24, 2.45) is 0 Å². The van der Waals surface area contributed by atoms with Crippen molar-refractivity contribution in [1.29, 1.82) is 0 Å². The molecule has 0 aliphatic rings. The van der Waals surface area contributed by atoms with Crippen molar-refractivity contribution >= 4 is 11.8 Å². The van der Waals surface area contributed by atoms with Crippen LogP contribution in [0.2, 0.25) is 0 Å². The lowest BCUT2D eigenvalue weighted by atomic mass is 10.0. The number of carbonyl (C=O) groups is 2. The second kappa shape index (κ2) is 7.69. The second-order valence-corrected chi connectivity index (χ2v) is 4.71. The van der Waals surface area contributed by atoms with Crippen LogP contribution in [-0.4, -0.2) is 37.4 Å². The molecule has 0 spiro atoms. The maximum Gasteiger partial charge on any atom is 0.379 e. The molecule has 0 amide bonds. The molecule has 0 fully saturated rings. The van der Waals surface area contributed by atoms with E-state index in [1.165, 1.54) is 0 Å². The lowest BCUT2D eigenvalue weighted by Gasteiger charge is -2.13. The molecular formula is C15H21NO3. The Labute approximate surface area is 114 Å². The number of benzene rings is 1. The largest absolute Gasteiger partial charge is 0.460 e. The van der Waals surface area contributed by atoms with Crippen LogP contribution < -0.4 is 0 Å². The van der Waals surface area contributed by atoms with Crippen LogP contribution in [0.1, 0.15) is 35.7 Å². The van der Waals surface area contributed by atoms with Crippen molar-refractivity contribution in [1.82, 2.24) is 4.90 Å². The summed E-state index contributed by atoms with van der Waals surface area (Å²) < 4.78 is 4.96. The Morgan fingerprint density at radius 3 is 2.53 bits per heavy atom. The van der Waals surface area contributed by atoms with Gasteiger partial charge in [-0.2, -0.15) is 0 Å². The zero-order chi connectivity index (χ0) is 14.3. The van der Waals surface area contributed by atoms with Gasteiger partial charge >= 0.3 is 5.97 Å². The van der Waals surface area contributed by atoms with Gasteiger partial charge in [-0.15, -0.1) is 0 Å². The molecule has 1 aromatic carbocycles. The first-order chi connectivity index (χ1) is 9.06. The summed E-state index contributed by atoms with van der Waals surface area (Å²) in [4.78, 5) is 25.7. The van der Waals surface area contributed by atoms with Crippen LogP contribution in [0.15, 0.2) is 24.3 Å². The summed E-state index contributed by atoms with van der Waals surface area (Å²) in [6, 6.07) is 7.14. The molecule has 0 radical (unpaired) electrons. The molecule has 0 saturated heterocycles. The number of esters is 1. The molecule has 0 aliphatic carbocycles. The van der Waals surface area contributed by atoms with Gasteiger partial charge in [0, 0.05) is 12.1 Å². The van der Waals surface area contributed by atoms with Gasteiger partial charge < -0.3 is 9.64 Å². The first-order valence-corrected chi connectivity index (χ1v) is 6.50. The molecule has 1 aromatic rings. The first-order valence-electron chi connectivity index (χ1n) is 6.50. The highest BCUT2D eigenvalue weighted by atomic mass is 16.5. The summed E-state index contributed by atoms with van der Waals surface area (Å²) >= 11 is 0. The zero-order valence-corrected chi connectivity index (χ0v) is 11.8. The van der Waals surface area contributed by atoms with Gasteiger partial charge in [0.2, 0.25) is 0 Å². The van der Waals surface area contributed by atoms with Crippen molar-refractivity contribution in [3.8, 4) is 0 Å². The number of carbonyl (C=O) groups excluding carboxylic acids is 2. The number of unbranched alkanes of at least 4 members (excludes halogenated alkanes) is 1. The van der Waals surface area contributed by atoms with E-state index in [9.17, 15) is 9.59 Å². The number of hydrogen-bond donors (Lipinski definition) is 0. The van der Waals surface area contributed by atoms with E-state index in [0.29, 0.717) is 18.7 Å². The molecule has 0 N–H and O–H groups in total. The normalized spacial score (nSPS) is 10.5. The van der Waals surface area contributed by atoms with Gasteiger partial charge in [-0.3, -0.25) is 4.79 Å². The lowest BCUT2D eigenvalue weighted by Crippen LogP contribution is -2.21. The number of hydrogen-bond acceptors (Lipinski definition) is 4. The van der Waals surface area contributed by atoms with E-state index < -0.39 is 11.8 Å². The van der Waals surface area contributed by atoms with Crippen molar-refractivity contribution < 1.29 is 14.3 Å². The van der Waals surface area contributed by atoms with Crippen molar-refractivity contribution in [3.63, 3.8) is 0 Å². The zero-order valence-electron chi connectivity index (χ0n) is 11.8. The van der Waals surface area contributed by atoms with Crippen LogP contribution in [0.5, 0.6) is 0 Å². The topological polar surface area (TPSA) is 46.6 Å². The van der Waals surface area contributed by atoms with Gasteiger partial charge in [-0.05, 0) is 26.1 Å². The Balaban J connectivity index is 2.78. The number of ether oxygens (including phenoxy) is 1. The summed E-state index contributed by atoms with van der Waals surface area (Å²) in [7, 11) is 3.83. The molecule has 0 aliphatic heterocycles. The number of ketones is 1. The monoisotopic (exact) mass is 263 g/mol. The number of Topliss-reactive ketones (excluding diaryl/α,β-unsaturated/α-hetero) is 1. The molecule has 0 saturated carbocycles. The highest BCUT2D eigenvalue weighted by Crippen LogP contribution is 2.12. The smallest absolute Gasteiger partial charge is 0.379 e. The first kappa shape index (κ1) is 15.4. The van der Waals surface area contributed by atoms with Crippen molar-refractivity contribution in [3.05, 3.63) is 35.4 Å². The molecule has 1 rings (SSSR count). The fraction of sp³-hybridized carbons (Fsp3) is 0.467. The fourth-order valence-electron chi connectivity index (χ4n) is 1.71.